The van der Waals surface area contributed by atoms with Crippen LogP contribution in [0.3, 0.4) is 0 Å². The largest absolute Gasteiger partial charge is 0.337 e. The predicted molar refractivity (Wildman–Crippen MR) is 98.8 cm³/mol. The average molecular weight is 366 g/mol. The van der Waals surface area contributed by atoms with Crippen LogP contribution in [0, 0.1) is 0 Å². The maximum atomic E-state index is 13.1. The summed E-state index contributed by atoms with van der Waals surface area (Å²) < 4.78 is 5.48. The van der Waals surface area contributed by atoms with E-state index in [1.165, 1.54) is 0 Å². The normalized spacial score (nSPS) is 16.8. The number of likely N-dealkylation sites (tertiary alicyclic amines) is 1. The Morgan fingerprint density at radius 2 is 2.08 bits per heavy atom. The van der Waals surface area contributed by atoms with Gasteiger partial charge >= 0.3 is 0 Å². The molecule has 0 saturated carbocycles. The first-order valence-electron chi connectivity index (χ1n) is 8.47. The van der Waals surface area contributed by atoms with Crippen molar-refractivity contribution in [3.8, 4) is 11.5 Å². The molecule has 0 radical (unpaired) electrons. The van der Waals surface area contributed by atoms with Crippen LogP contribution in [0.4, 0.5) is 0 Å². The summed E-state index contributed by atoms with van der Waals surface area (Å²) in [5.41, 5.74) is 1.38. The molecule has 0 N–H and O–H groups in total. The third-order valence-electron chi connectivity index (χ3n) is 4.47. The van der Waals surface area contributed by atoms with E-state index in [9.17, 15) is 4.79 Å². The molecule has 1 aromatic carbocycles. The zero-order chi connectivity index (χ0) is 17.9. The van der Waals surface area contributed by atoms with Gasteiger partial charge in [0.2, 0.25) is 11.7 Å². The van der Waals surface area contributed by atoms with Crippen molar-refractivity contribution < 1.29 is 9.32 Å². The van der Waals surface area contributed by atoms with E-state index in [0.29, 0.717) is 24.0 Å². The second kappa shape index (κ2) is 7.29. The highest BCUT2D eigenvalue weighted by molar-refractivity contribution is 7.98. The summed E-state index contributed by atoms with van der Waals surface area (Å²) in [6.07, 6.45) is 5.40. The second-order valence-corrected chi connectivity index (χ2v) is 6.88. The number of benzene rings is 1. The number of hydrogen-bond donors (Lipinski definition) is 0. The summed E-state index contributed by atoms with van der Waals surface area (Å²) >= 11 is 1.57. The highest BCUT2D eigenvalue weighted by atomic mass is 32.2. The lowest BCUT2D eigenvalue weighted by atomic mass is 10.1. The SMILES string of the molecule is CSc1ccccc1C(=O)N1CCC[C@H]1c1nc(-c2ccccn2)no1. The van der Waals surface area contributed by atoms with Crippen LogP contribution in [0.2, 0.25) is 0 Å². The molecule has 1 aliphatic rings. The lowest BCUT2D eigenvalue weighted by molar-refractivity contribution is 0.0706. The highest BCUT2D eigenvalue weighted by Gasteiger charge is 2.35. The van der Waals surface area contributed by atoms with Gasteiger partial charge in [0.25, 0.3) is 5.91 Å². The maximum Gasteiger partial charge on any atom is 0.255 e. The minimum absolute atomic E-state index is 0.00929. The van der Waals surface area contributed by atoms with Crippen LogP contribution in [0.5, 0.6) is 0 Å². The van der Waals surface area contributed by atoms with Crippen molar-refractivity contribution in [3.63, 3.8) is 0 Å². The monoisotopic (exact) mass is 366 g/mol. The molecule has 2 aromatic heterocycles. The summed E-state index contributed by atoms with van der Waals surface area (Å²) in [7, 11) is 0. The van der Waals surface area contributed by atoms with Crippen molar-refractivity contribution in [1.29, 1.82) is 0 Å². The van der Waals surface area contributed by atoms with Crippen molar-refractivity contribution in [2.45, 2.75) is 23.8 Å². The van der Waals surface area contributed by atoms with Crippen molar-refractivity contribution in [3.05, 3.63) is 60.1 Å². The van der Waals surface area contributed by atoms with Gasteiger partial charge < -0.3 is 9.42 Å². The zero-order valence-corrected chi connectivity index (χ0v) is 15.1. The van der Waals surface area contributed by atoms with Gasteiger partial charge in [-0.15, -0.1) is 11.8 Å². The second-order valence-electron chi connectivity index (χ2n) is 6.03. The molecule has 3 aromatic rings. The van der Waals surface area contributed by atoms with Crippen LogP contribution >= 0.6 is 11.8 Å². The standard InChI is InChI=1S/C19H18N4O2S/c1-26-16-10-3-2-7-13(16)19(24)23-12-6-9-15(23)18-21-17(22-25-18)14-8-4-5-11-20-14/h2-5,7-8,10-11,15H,6,9,12H2,1H3/t15-/m0/s1. The lowest BCUT2D eigenvalue weighted by Gasteiger charge is -2.22. The van der Waals surface area contributed by atoms with Crippen molar-refractivity contribution in [2.24, 2.45) is 0 Å². The number of nitrogens with zero attached hydrogens (tertiary/aromatic N) is 4. The van der Waals surface area contributed by atoms with Crippen LogP contribution in [-0.4, -0.2) is 38.7 Å². The van der Waals surface area contributed by atoms with Gasteiger partial charge in [0.05, 0.1) is 5.56 Å². The molecule has 0 aliphatic carbocycles. The molecule has 6 nitrogen and oxygen atoms in total. The molecular formula is C19H18N4O2S. The number of carbonyl (C=O) groups is 1. The zero-order valence-electron chi connectivity index (χ0n) is 14.3. The molecular weight excluding hydrogens is 348 g/mol. The molecule has 26 heavy (non-hydrogen) atoms. The summed E-state index contributed by atoms with van der Waals surface area (Å²) in [5.74, 6) is 0.928. The molecule has 7 heteroatoms. The van der Waals surface area contributed by atoms with Gasteiger partial charge in [-0.3, -0.25) is 9.78 Å². The Balaban J connectivity index is 1.61. The number of pyridine rings is 1. The molecule has 0 unspecified atom stereocenters. The Labute approximate surface area is 155 Å². The molecule has 1 atom stereocenters. The molecule has 4 rings (SSSR count). The maximum absolute atomic E-state index is 13.1. The fourth-order valence-electron chi connectivity index (χ4n) is 3.21. The van der Waals surface area contributed by atoms with E-state index in [4.69, 9.17) is 4.52 Å². The van der Waals surface area contributed by atoms with Gasteiger partial charge in [-0.2, -0.15) is 4.98 Å². The lowest BCUT2D eigenvalue weighted by Crippen LogP contribution is -2.31. The van der Waals surface area contributed by atoms with E-state index in [0.717, 1.165) is 23.3 Å². The number of hydrogen-bond acceptors (Lipinski definition) is 6. The van der Waals surface area contributed by atoms with Crippen LogP contribution in [0.15, 0.2) is 58.1 Å². The van der Waals surface area contributed by atoms with Crippen molar-refractivity contribution >= 4 is 17.7 Å². The topological polar surface area (TPSA) is 72.1 Å². The highest BCUT2D eigenvalue weighted by Crippen LogP contribution is 2.34. The van der Waals surface area contributed by atoms with Gasteiger partial charge in [0.1, 0.15) is 11.7 Å². The number of amides is 1. The molecule has 1 aliphatic heterocycles. The summed E-state index contributed by atoms with van der Waals surface area (Å²) in [6, 6.07) is 13.0. The fourth-order valence-corrected chi connectivity index (χ4v) is 3.80. The Kier molecular flexibility index (Phi) is 4.71. The van der Waals surface area contributed by atoms with Crippen molar-refractivity contribution in [2.75, 3.05) is 12.8 Å². The summed E-state index contributed by atoms with van der Waals surface area (Å²) in [5, 5.41) is 4.04. The molecule has 1 saturated heterocycles. The first-order valence-corrected chi connectivity index (χ1v) is 9.69. The first kappa shape index (κ1) is 16.8. The Hall–Kier alpha value is -2.67. The van der Waals surface area contributed by atoms with Gasteiger partial charge in [0.15, 0.2) is 0 Å². The van der Waals surface area contributed by atoms with E-state index < -0.39 is 0 Å². The quantitative estimate of drug-likeness (QED) is 0.654. The minimum atomic E-state index is -0.192. The summed E-state index contributed by atoms with van der Waals surface area (Å²) in [4.78, 5) is 24.6. The predicted octanol–water partition coefficient (Wildman–Crippen LogP) is 3.83. The van der Waals surface area contributed by atoms with Crippen LogP contribution < -0.4 is 0 Å². The van der Waals surface area contributed by atoms with Gasteiger partial charge in [0, 0.05) is 17.6 Å². The third-order valence-corrected chi connectivity index (χ3v) is 5.27. The smallest absolute Gasteiger partial charge is 0.255 e. The van der Waals surface area contributed by atoms with E-state index in [2.05, 4.69) is 15.1 Å². The first-order chi connectivity index (χ1) is 12.8. The number of thioether (sulfide) groups is 1. The van der Waals surface area contributed by atoms with E-state index in [-0.39, 0.29) is 11.9 Å². The Morgan fingerprint density at radius 1 is 1.23 bits per heavy atom. The fraction of sp³-hybridized carbons (Fsp3) is 0.263. The van der Waals surface area contributed by atoms with Crippen molar-refractivity contribution in [1.82, 2.24) is 20.0 Å². The van der Waals surface area contributed by atoms with E-state index in [1.54, 1.807) is 18.0 Å². The minimum Gasteiger partial charge on any atom is -0.337 e. The summed E-state index contributed by atoms with van der Waals surface area (Å²) in [6.45, 7) is 0.688. The van der Waals surface area contributed by atoms with E-state index in [1.807, 2.05) is 53.6 Å². The molecule has 3 heterocycles. The molecule has 0 spiro atoms. The van der Waals surface area contributed by atoms with Gasteiger partial charge in [-0.25, -0.2) is 0 Å². The molecule has 0 bridgehead atoms. The van der Waals surface area contributed by atoms with Crippen LogP contribution in [-0.2, 0) is 0 Å². The molecule has 1 amide bonds. The van der Waals surface area contributed by atoms with E-state index >= 15 is 0 Å². The number of carbonyl (C=O) groups excluding carboxylic acids is 1. The average Bonchev–Trinajstić information content (AvgIpc) is 3.37. The molecule has 132 valence electrons. The third kappa shape index (κ3) is 3.10. The van der Waals surface area contributed by atoms with Crippen LogP contribution in [0.25, 0.3) is 11.5 Å². The van der Waals surface area contributed by atoms with Crippen LogP contribution in [0.1, 0.15) is 35.1 Å². The molecule has 1 fully saturated rings. The van der Waals surface area contributed by atoms with Gasteiger partial charge in [-0.05, 0) is 43.4 Å². The number of rotatable bonds is 4. The Morgan fingerprint density at radius 3 is 2.88 bits per heavy atom. The number of aromatic nitrogens is 3. The Bertz CT molecular complexity index is 913. The van der Waals surface area contributed by atoms with Gasteiger partial charge in [-0.1, -0.05) is 23.4 Å².